The van der Waals surface area contributed by atoms with E-state index in [0.717, 1.165) is 4.44 Å². The van der Waals surface area contributed by atoms with Gasteiger partial charge in [-0.25, -0.2) is 0 Å². The number of unbranched alkanes of at least 4 members (excludes halogenated alkanes) is 7. The summed E-state index contributed by atoms with van der Waals surface area (Å²) in [6, 6.07) is 0. The standard InChI is InChI=1S/C10H21.2ClH.Sn/c1-3-5-7-9-10-8-6-4-2;;;/h1,3-10H2,2H3;2*1H;/q;;;+2/p-2. The molecule has 3 heteroatoms. The Morgan fingerprint density at radius 3 is 1.69 bits per heavy atom. The third kappa shape index (κ3) is 13.4. The molecule has 0 aromatic rings. The first kappa shape index (κ1) is 14.4. The molecule has 0 bridgehead atoms. The summed E-state index contributed by atoms with van der Waals surface area (Å²) in [6.07, 6.45) is 11.0. The molecule has 0 aromatic heterocycles. The Labute approximate surface area is 97.5 Å². The summed E-state index contributed by atoms with van der Waals surface area (Å²) in [7, 11) is 11.6. The molecule has 0 aromatic carbocycles. The molecule has 79 valence electrons. The van der Waals surface area contributed by atoms with Gasteiger partial charge in [0.2, 0.25) is 0 Å². The van der Waals surface area contributed by atoms with Gasteiger partial charge in [0.1, 0.15) is 0 Å². The molecular weight excluding hydrogens is 310 g/mol. The van der Waals surface area contributed by atoms with Crippen LogP contribution in [0.2, 0.25) is 4.44 Å². The molecule has 1 radical (unpaired) electrons. The molecule has 0 unspecified atom stereocenters. The first-order valence-electron chi connectivity index (χ1n) is 5.44. The summed E-state index contributed by atoms with van der Waals surface area (Å²) in [6.45, 7) is 2.26. The Kier molecular flexibility index (Phi) is 12.7. The van der Waals surface area contributed by atoms with Crippen LogP contribution in [0.1, 0.15) is 58.3 Å². The van der Waals surface area contributed by atoms with Crippen LogP contribution in [0, 0.1) is 0 Å². The Morgan fingerprint density at radius 2 is 1.23 bits per heavy atom. The van der Waals surface area contributed by atoms with E-state index in [0.29, 0.717) is 0 Å². The fourth-order valence-corrected chi connectivity index (χ4v) is 4.66. The average Bonchev–Trinajstić information content (AvgIpc) is 2.09. The van der Waals surface area contributed by atoms with Crippen LogP contribution in [0.5, 0.6) is 0 Å². The Balaban J connectivity index is 2.84. The van der Waals surface area contributed by atoms with Gasteiger partial charge in [-0.05, 0) is 0 Å². The van der Waals surface area contributed by atoms with Crippen LogP contribution in [-0.2, 0) is 0 Å². The van der Waals surface area contributed by atoms with E-state index in [1.54, 1.807) is 0 Å². The molecule has 0 aliphatic heterocycles. The van der Waals surface area contributed by atoms with Crippen molar-refractivity contribution in [1.29, 1.82) is 0 Å². The van der Waals surface area contributed by atoms with Gasteiger partial charge in [-0.1, -0.05) is 0 Å². The van der Waals surface area contributed by atoms with Crippen LogP contribution in [0.4, 0.5) is 0 Å². The predicted molar refractivity (Wildman–Crippen MR) is 64.9 cm³/mol. The van der Waals surface area contributed by atoms with Gasteiger partial charge in [0.15, 0.2) is 0 Å². The molecule has 0 aliphatic rings. The molecule has 0 atom stereocenters. The van der Waals surface area contributed by atoms with Crippen LogP contribution in [-0.4, -0.2) is 17.5 Å². The van der Waals surface area contributed by atoms with Crippen molar-refractivity contribution in [3.8, 4) is 0 Å². The van der Waals surface area contributed by atoms with Crippen LogP contribution in [0.3, 0.4) is 0 Å². The molecule has 0 amide bonds. The van der Waals surface area contributed by atoms with E-state index >= 15 is 0 Å². The van der Waals surface area contributed by atoms with Crippen molar-refractivity contribution in [2.75, 3.05) is 0 Å². The summed E-state index contributed by atoms with van der Waals surface area (Å²) in [5.41, 5.74) is 0. The van der Waals surface area contributed by atoms with Crippen molar-refractivity contribution in [3.63, 3.8) is 0 Å². The van der Waals surface area contributed by atoms with Gasteiger partial charge in [-0.3, -0.25) is 0 Å². The number of hydrogen-bond acceptors (Lipinski definition) is 0. The molecule has 0 rings (SSSR count). The first-order valence-corrected chi connectivity index (χ1v) is 14.7. The summed E-state index contributed by atoms with van der Waals surface area (Å²) in [5, 5.41) is 0. The van der Waals surface area contributed by atoms with Crippen LogP contribution in [0.15, 0.2) is 0 Å². The number of halogens is 2. The molecule has 0 N–H and O–H groups in total. The van der Waals surface area contributed by atoms with Crippen molar-refractivity contribution in [2.24, 2.45) is 0 Å². The van der Waals surface area contributed by atoms with Crippen molar-refractivity contribution in [2.45, 2.75) is 62.7 Å². The van der Waals surface area contributed by atoms with Crippen LogP contribution < -0.4 is 0 Å². The molecule has 0 heterocycles. The SMILES string of the molecule is CCCCCCCCC[CH2][Sn]([Cl])[Cl]. The van der Waals surface area contributed by atoms with Gasteiger partial charge < -0.3 is 0 Å². The second kappa shape index (κ2) is 11.5. The molecule has 0 spiro atoms. The van der Waals surface area contributed by atoms with Gasteiger partial charge in [-0.15, -0.1) is 0 Å². The Bertz CT molecular complexity index is 96.9. The summed E-state index contributed by atoms with van der Waals surface area (Å²) in [4.78, 5) is 0. The van der Waals surface area contributed by atoms with E-state index in [1.807, 2.05) is 0 Å². The summed E-state index contributed by atoms with van der Waals surface area (Å²) in [5.74, 6) is 0. The fourth-order valence-electron chi connectivity index (χ4n) is 1.39. The number of rotatable bonds is 9. The molecule has 0 fully saturated rings. The third-order valence-corrected chi connectivity index (χ3v) is 6.84. The zero-order valence-electron chi connectivity index (χ0n) is 8.62. The van der Waals surface area contributed by atoms with Crippen molar-refractivity contribution in [1.82, 2.24) is 0 Å². The molecule has 13 heavy (non-hydrogen) atoms. The second-order valence-electron chi connectivity index (χ2n) is 3.56. The third-order valence-electron chi connectivity index (χ3n) is 2.22. The van der Waals surface area contributed by atoms with Gasteiger partial charge in [0.25, 0.3) is 0 Å². The summed E-state index contributed by atoms with van der Waals surface area (Å²) >= 11 is -1.77. The van der Waals surface area contributed by atoms with E-state index in [1.165, 1.54) is 51.4 Å². The normalized spacial score (nSPS) is 11.1. The molecule has 0 nitrogen and oxygen atoms in total. The first-order chi connectivity index (χ1) is 6.27. The zero-order chi connectivity index (χ0) is 9.94. The quantitative estimate of drug-likeness (QED) is 0.408. The van der Waals surface area contributed by atoms with Gasteiger partial charge in [0.05, 0.1) is 0 Å². The van der Waals surface area contributed by atoms with Crippen LogP contribution >= 0.6 is 17.8 Å². The van der Waals surface area contributed by atoms with E-state index in [9.17, 15) is 0 Å². The predicted octanol–water partition coefficient (Wildman–Crippen LogP) is 5.09. The molecule has 0 aliphatic carbocycles. The fraction of sp³-hybridized carbons (Fsp3) is 1.00. The topological polar surface area (TPSA) is 0 Å². The maximum absolute atomic E-state index is 5.82. The molecular formula is C10H21Cl2Sn. The monoisotopic (exact) mass is 331 g/mol. The second-order valence-corrected chi connectivity index (χ2v) is 14.3. The Morgan fingerprint density at radius 1 is 0.769 bits per heavy atom. The van der Waals surface area contributed by atoms with Crippen molar-refractivity contribution < 1.29 is 0 Å². The summed E-state index contributed by atoms with van der Waals surface area (Å²) < 4.78 is 1.15. The zero-order valence-corrected chi connectivity index (χ0v) is 13.0. The van der Waals surface area contributed by atoms with E-state index in [-0.39, 0.29) is 0 Å². The molecule has 0 saturated carbocycles. The van der Waals surface area contributed by atoms with Crippen molar-refractivity contribution in [3.05, 3.63) is 0 Å². The van der Waals surface area contributed by atoms with Crippen molar-refractivity contribution >= 4 is 35.3 Å². The van der Waals surface area contributed by atoms with E-state index in [2.05, 4.69) is 6.92 Å². The molecule has 0 saturated heterocycles. The minimum atomic E-state index is -1.77. The number of hydrogen-bond donors (Lipinski definition) is 0. The van der Waals surface area contributed by atoms with Crippen LogP contribution in [0.25, 0.3) is 0 Å². The van der Waals surface area contributed by atoms with Gasteiger partial charge in [-0.2, -0.15) is 0 Å². The van der Waals surface area contributed by atoms with Gasteiger partial charge in [0, 0.05) is 0 Å². The van der Waals surface area contributed by atoms with Gasteiger partial charge >= 0.3 is 98.1 Å². The maximum atomic E-state index is 5.82. The average molecular weight is 331 g/mol. The van der Waals surface area contributed by atoms with E-state index < -0.39 is 17.5 Å². The Hall–Kier alpha value is 1.38. The van der Waals surface area contributed by atoms with E-state index in [4.69, 9.17) is 17.8 Å². The minimum absolute atomic E-state index is 1.15.